The number of benzene rings is 1. The number of anilines is 1. The number of rotatable bonds is 4. The number of piperazine rings is 1. The summed E-state index contributed by atoms with van der Waals surface area (Å²) >= 11 is 5.98. The van der Waals surface area contributed by atoms with Crippen LogP contribution in [0.3, 0.4) is 0 Å². The monoisotopic (exact) mass is 517 g/mol. The van der Waals surface area contributed by atoms with Crippen LogP contribution in [0.15, 0.2) is 30.5 Å². The van der Waals surface area contributed by atoms with E-state index in [1.165, 1.54) is 0 Å². The lowest BCUT2D eigenvalue weighted by atomic mass is 10.1. The summed E-state index contributed by atoms with van der Waals surface area (Å²) in [6, 6.07) is 7.41. The molecule has 14 heteroatoms. The Hall–Kier alpha value is -2.90. The quantitative estimate of drug-likeness (QED) is 0.571. The van der Waals surface area contributed by atoms with E-state index in [4.69, 9.17) is 21.5 Å². The van der Waals surface area contributed by atoms with Gasteiger partial charge in [-0.1, -0.05) is 22.9 Å². The molecule has 3 heterocycles. The average molecular weight is 518 g/mol. The number of carboxylic acid groups (broad SMARTS) is 1. The Balaban J connectivity index is 0.000000429. The second-order valence-electron chi connectivity index (χ2n) is 8.18. The number of urea groups is 1. The largest absolute Gasteiger partial charge is 0.490 e. The van der Waals surface area contributed by atoms with Gasteiger partial charge in [0.05, 0.1) is 17.9 Å². The van der Waals surface area contributed by atoms with Gasteiger partial charge in [-0.15, -0.1) is 5.10 Å². The first kappa shape index (κ1) is 26.7. The van der Waals surface area contributed by atoms with E-state index in [9.17, 15) is 18.0 Å². The molecule has 0 unspecified atom stereocenters. The number of carbonyl (C=O) groups is 2. The van der Waals surface area contributed by atoms with E-state index in [1.54, 1.807) is 12.1 Å². The molecule has 2 aromatic rings. The van der Waals surface area contributed by atoms with Gasteiger partial charge in [0.15, 0.2) is 0 Å². The summed E-state index contributed by atoms with van der Waals surface area (Å²) in [5.41, 5.74) is 1.73. The summed E-state index contributed by atoms with van der Waals surface area (Å²) in [4.78, 5) is 25.6. The molecule has 3 N–H and O–H groups in total. The predicted molar refractivity (Wildman–Crippen MR) is 122 cm³/mol. The number of carbonyl (C=O) groups excluding carboxylic acids is 1. The molecule has 192 valence electrons. The molecule has 2 fully saturated rings. The van der Waals surface area contributed by atoms with Crippen LogP contribution in [-0.4, -0.2) is 87.3 Å². The zero-order valence-electron chi connectivity index (χ0n) is 18.8. The van der Waals surface area contributed by atoms with Crippen LogP contribution in [0.25, 0.3) is 0 Å². The minimum Gasteiger partial charge on any atom is -0.475 e. The zero-order chi connectivity index (χ0) is 25.4. The molecule has 0 atom stereocenters. The topological polar surface area (TPSA) is 116 Å². The van der Waals surface area contributed by atoms with Gasteiger partial charge in [-0.2, -0.15) is 13.2 Å². The molecule has 1 aromatic carbocycles. The predicted octanol–water partition coefficient (Wildman–Crippen LogP) is 2.84. The lowest BCUT2D eigenvalue weighted by Crippen LogP contribution is -2.43. The molecule has 0 spiro atoms. The number of likely N-dealkylation sites (tertiary alicyclic amines) is 1. The Morgan fingerprint density at radius 3 is 2.43 bits per heavy atom. The van der Waals surface area contributed by atoms with E-state index in [1.807, 2.05) is 21.7 Å². The molecule has 4 rings (SSSR count). The number of aromatic nitrogens is 3. The van der Waals surface area contributed by atoms with Crippen molar-refractivity contribution in [1.29, 1.82) is 0 Å². The molecule has 35 heavy (non-hydrogen) atoms. The van der Waals surface area contributed by atoms with Crippen LogP contribution >= 0.6 is 11.6 Å². The van der Waals surface area contributed by atoms with Crippen LogP contribution in [-0.2, 0) is 11.3 Å². The van der Waals surface area contributed by atoms with Gasteiger partial charge in [0.25, 0.3) is 0 Å². The number of nitrogens with zero attached hydrogens (tertiary/aromatic N) is 5. The molecule has 10 nitrogen and oxygen atoms in total. The third kappa shape index (κ3) is 8.37. The first-order valence-electron chi connectivity index (χ1n) is 11.1. The molecule has 2 aliphatic rings. The molecule has 2 amide bonds. The Morgan fingerprint density at radius 1 is 1.17 bits per heavy atom. The molecule has 0 radical (unpaired) electrons. The minimum atomic E-state index is -5.08. The summed E-state index contributed by atoms with van der Waals surface area (Å²) in [5, 5.41) is 22.7. The van der Waals surface area contributed by atoms with E-state index in [0.717, 1.165) is 51.3 Å². The van der Waals surface area contributed by atoms with Crippen molar-refractivity contribution >= 4 is 29.3 Å². The molecule has 0 aliphatic carbocycles. The normalized spacial score (nSPS) is 17.4. The van der Waals surface area contributed by atoms with Crippen molar-refractivity contribution in [3.63, 3.8) is 0 Å². The molecule has 2 aliphatic heterocycles. The number of hydrogen-bond donors (Lipinski definition) is 3. The van der Waals surface area contributed by atoms with Gasteiger partial charge < -0.3 is 20.6 Å². The fourth-order valence-corrected chi connectivity index (χ4v) is 3.96. The van der Waals surface area contributed by atoms with Gasteiger partial charge in [-0.05, 0) is 31.0 Å². The summed E-state index contributed by atoms with van der Waals surface area (Å²) in [6.45, 7) is 6.41. The number of alkyl halides is 3. The van der Waals surface area contributed by atoms with Gasteiger partial charge in [-0.3, -0.25) is 4.90 Å². The summed E-state index contributed by atoms with van der Waals surface area (Å²) < 4.78 is 33.7. The van der Waals surface area contributed by atoms with Crippen molar-refractivity contribution in [2.24, 2.45) is 0 Å². The highest BCUT2D eigenvalue weighted by atomic mass is 35.5. The summed E-state index contributed by atoms with van der Waals surface area (Å²) in [6.07, 6.45) is -1.27. The van der Waals surface area contributed by atoms with Crippen molar-refractivity contribution in [2.45, 2.75) is 31.6 Å². The van der Waals surface area contributed by atoms with E-state index in [-0.39, 0.29) is 6.03 Å². The Morgan fingerprint density at radius 2 is 1.83 bits per heavy atom. The number of amides is 2. The fourth-order valence-electron chi connectivity index (χ4n) is 3.76. The van der Waals surface area contributed by atoms with E-state index >= 15 is 0 Å². The van der Waals surface area contributed by atoms with Crippen LogP contribution < -0.4 is 10.6 Å². The fraction of sp³-hybridized carbons (Fsp3) is 0.524. The second-order valence-corrected chi connectivity index (χ2v) is 8.61. The van der Waals surface area contributed by atoms with Gasteiger partial charge in [0.2, 0.25) is 0 Å². The van der Waals surface area contributed by atoms with Gasteiger partial charge >= 0.3 is 18.2 Å². The van der Waals surface area contributed by atoms with Crippen LogP contribution in [0.1, 0.15) is 24.6 Å². The first-order valence-corrected chi connectivity index (χ1v) is 11.4. The van der Waals surface area contributed by atoms with Crippen LogP contribution in [0, 0.1) is 0 Å². The maximum atomic E-state index is 12.5. The maximum Gasteiger partial charge on any atom is 0.490 e. The van der Waals surface area contributed by atoms with Gasteiger partial charge in [-0.25, -0.2) is 14.3 Å². The highest BCUT2D eigenvalue weighted by Gasteiger charge is 2.38. The summed E-state index contributed by atoms with van der Waals surface area (Å²) in [5.74, 6) is -2.76. The third-order valence-electron chi connectivity index (χ3n) is 5.60. The average Bonchev–Trinajstić information content (AvgIpc) is 3.28. The smallest absolute Gasteiger partial charge is 0.475 e. The molecule has 0 bridgehead atoms. The highest BCUT2D eigenvalue weighted by molar-refractivity contribution is 6.30. The van der Waals surface area contributed by atoms with Gasteiger partial charge in [0.1, 0.15) is 0 Å². The van der Waals surface area contributed by atoms with Crippen LogP contribution in [0.2, 0.25) is 5.02 Å². The first-order chi connectivity index (χ1) is 16.6. The molecule has 2 saturated heterocycles. The van der Waals surface area contributed by atoms with E-state index in [0.29, 0.717) is 29.8 Å². The van der Waals surface area contributed by atoms with E-state index in [2.05, 4.69) is 32.0 Å². The van der Waals surface area contributed by atoms with Crippen LogP contribution in [0.4, 0.5) is 23.7 Å². The van der Waals surface area contributed by atoms with Crippen molar-refractivity contribution in [2.75, 3.05) is 44.6 Å². The number of halogens is 4. The van der Waals surface area contributed by atoms with Crippen molar-refractivity contribution < 1.29 is 27.9 Å². The Kier molecular flexibility index (Phi) is 9.29. The minimum absolute atomic E-state index is 0.0845. The number of aliphatic carboxylic acids is 1. The van der Waals surface area contributed by atoms with Crippen LogP contribution in [0.5, 0.6) is 0 Å². The zero-order valence-corrected chi connectivity index (χ0v) is 19.6. The number of piperidine rings is 1. The maximum absolute atomic E-state index is 12.5. The number of nitrogens with one attached hydrogen (secondary N) is 2. The van der Waals surface area contributed by atoms with E-state index < -0.39 is 12.1 Å². The van der Waals surface area contributed by atoms with Crippen molar-refractivity contribution in [3.8, 4) is 0 Å². The Labute approximate surface area is 205 Å². The number of carboxylic acids is 1. The molecular weight excluding hydrogens is 491 g/mol. The molecule has 0 saturated carbocycles. The SMILES string of the molecule is O=C(Nc1cccc(Cl)c1)N1CCC(n2cc(CN3CCNCC3)nn2)CC1.O=C(O)C(F)(F)F. The lowest BCUT2D eigenvalue weighted by molar-refractivity contribution is -0.192. The second kappa shape index (κ2) is 12.2. The lowest BCUT2D eigenvalue weighted by Gasteiger charge is -2.31. The highest BCUT2D eigenvalue weighted by Crippen LogP contribution is 2.23. The third-order valence-corrected chi connectivity index (χ3v) is 5.83. The van der Waals surface area contributed by atoms with Gasteiger partial charge in [0, 0.05) is 56.5 Å². The molecular formula is C21H27ClF3N7O3. The standard InChI is InChI=1S/C19H26ClN7O.C2HF3O2/c20-15-2-1-3-16(12-15)22-19(28)26-8-4-18(5-9-26)27-14-17(23-24-27)13-25-10-6-21-7-11-25;3-2(4,5)1(6)7/h1-3,12,14,18,21H,4-11,13H2,(H,22,28);(H,6,7). The Bertz CT molecular complexity index is 991. The van der Waals surface area contributed by atoms with Crippen molar-refractivity contribution in [1.82, 2.24) is 30.1 Å². The van der Waals surface area contributed by atoms with Crippen molar-refractivity contribution in [3.05, 3.63) is 41.2 Å². The molecule has 1 aromatic heterocycles. The number of hydrogen-bond acceptors (Lipinski definition) is 6. The summed E-state index contributed by atoms with van der Waals surface area (Å²) in [7, 11) is 0.